The quantitative estimate of drug-likeness (QED) is 0.913. The highest BCUT2D eigenvalue weighted by Crippen LogP contribution is 2.24. The zero-order valence-corrected chi connectivity index (χ0v) is 12.5. The maximum absolute atomic E-state index is 5.91. The first-order valence-electron chi connectivity index (χ1n) is 7.34. The Morgan fingerprint density at radius 3 is 3.05 bits per heavy atom. The van der Waals surface area contributed by atoms with Gasteiger partial charge in [0.25, 0.3) is 0 Å². The van der Waals surface area contributed by atoms with Crippen LogP contribution in [0.4, 0.5) is 0 Å². The Morgan fingerprint density at radius 2 is 2.26 bits per heavy atom. The van der Waals surface area contributed by atoms with Crippen molar-refractivity contribution < 1.29 is 4.74 Å². The minimum atomic E-state index is 0.358. The first kappa shape index (κ1) is 13.5. The van der Waals surface area contributed by atoms with E-state index >= 15 is 0 Å². The molecule has 1 aliphatic heterocycles. The van der Waals surface area contributed by atoms with Crippen molar-refractivity contribution >= 4 is 11.8 Å². The Hall–Kier alpha value is -0.510. The molecule has 0 amide bonds. The van der Waals surface area contributed by atoms with Gasteiger partial charge in [-0.3, -0.25) is 0 Å². The van der Waals surface area contributed by atoms with E-state index in [-0.39, 0.29) is 0 Å². The van der Waals surface area contributed by atoms with Gasteiger partial charge in [-0.25, -0.2) is 0 Å². The number of fused-ring (bicyclic) bond motifs is 1. The smallest absolute Gasteiger partial charge is 0.0821 e. The average molecular weight is 277 g/mol. The van der Waals surface area contributed by atoms with Gasteiger partial charge >= 0.3 is 0 Å². The molecule has 1 saturated heterocycles. The highest BCUT2D eigenvalue weighted by Gasteiger charge is 2.24. The van der Waals surface area contributed by atoms with E-state index in [4.69, 9.17) is 4.74 Å². The fourth-order valence-corrected chi connectivity index (χ4v) is 4.11. The molecule has 2 atom stereocenters. The van der Waals surface area contributed by atoms with Crippen LogP contribution in [0.3, 0.4) is 0 Å². The number of rotatable bonds is 4. The van der Waals surface area contributed by atoms with Crippen LogP contribution in [0.15, 0.2) is 18.2 Å². The van der Waals surface area contributed by atoms with Gasteiger partial charge < -0.3 is 10.1 Å². The lowest BCUT2D eigenvalue weighted by molar-refractivity contribution is 0.0492. The lowest BCUT2D eigenvalue weighted by atomic mass is 9.98. The summed E-state index contributed by atoms with van der Waals surface area (Å²) >= 11 is 2.01. The number of hydrogen-bond acceptors (Lipinski definition) is 3. The van der Waals surface area contributed by atoms with Crippen LogP contribution in [0.2, 0.25) is 0 Å². The predicted octanol–water partition coefficient (Wildman–Crippen LogP) is 2.44. The van der Waals surface area contributed by atoms with Gasteiger partial charge in [0.1, 0.15) is 0 Å². The van der Waals surface area contributed by atoms with Crippen molar-refractivity contribution in [2.45, 2.75) is 37.8 Å². The zero-order chi connectivity index (χ0) is 13.1. The Kier molecular flexibility index (Phi) is 4.46. The molecule has 2 aliphatic rings. The second-order valence-electron chi connectivity index (χ2n) is 5.54. The fourth-order valence-electron chi connectivity index (χ4n) is 3.16. The number of hydrogen-bond donors (Lipinski definition) is 1. The minimum absolute atomic E-state index is 0.358. The summed E-state index contributed by atoms with van der Waals surface area (Å²) < 4.78 is 5.91. The molecule has 2 nitrogen and oxygen atoms in total. The van der Waals surface area contributed by atoms with E-state index in [2.05, 4.69) is 30.6 Å². The van der Waals surface area contributed by atoms with E-state index in [0.717, 1.165) is 24.5 Å². The van der Waals surface area contributed by atoms with Crippen LogP contribution >= 0.6 is 11.8 Å². The standard InChI is InChI=1S/C16H23NOS/c1-17-15(16-11-19-8-7-18-16)10-12-5-6-13-3-2-4-14(13)9-12/h5-6,9,15-17H,2-4,7-8,10-11H2,1H3. The van der Waals surface area contributed by atoms with Gasteiger partial charge in [0.2, 0.25) is 0 Å². The third kappa shape index (κ3) is 3.15. The van der Waals surface area contributed by atoms with E-state index in [1.807, 2.05) is 11.8 Å². The summed E-state index contributed by atoms with van der Waals surface area (Å²) in [5.41, 5.74) is 4.60. The van der Waals surface area contributed by atoms with E-state index in [9.17, 15) is 0 Å². The Balaban J connectivity index is 1.68. The predicted molar refractivity (Wildman–Crippen MR) is 82.1 cm³/mol. The highest BCUT2D eigenvalue weighted by molar-refractivity contribution is 7.99. The molecule has 1 aliphatic carbocycles. The summed E-state index contributed by atoms with van der Waals surface area (Å²) in [6.45, 7) is 0.900. The molecule has 1 aromatic rings. The number of ether oxygens (including phenoxy) is 1. The van der Waals surface area contributed by atoms with Crippen molar-refractivity contribution in [3.05, 3.63) is 34.9 Å². The van der Waals surface area contributed by atoms with Crippen LogP contribution in [-0.4, -0.2) is 37.3 Å². The normalized spacial score (nSPS) is 24.2. The molecule has 0 radical (unpaired) electrons. The average Bonchev–Trinajstić information content (AvgIpc) is 2.93. The first-order chi connectivity index (χ1) is 9.36. The summed E-state index contributed by atoms with van der Waals surface area (Å²) in [5.74, 6) is 2.27. The molecule has 104 valence electrons. The van der Waals surface area contributed by atoms with E-state index in [1.54, 1.807) is 11.1 Å². The minimum Gasteiger partial charge on any atom is -0.375 e. The maximum Gasteiger partial charge on any atom is 0.0821 e. The lowest BCUT2D eigenvalue weighted by Gasteiger charge is -2.30. The molecule has 1 N–H and O–H groups in total. The summed E-state index contributed by atoms with van der Waals surface area (Å²) in [5, 5.41) is 3.45. The van der Waals surface area contributed by atoms with Crippen molar-refractivity contribution in [1.82, 2.24) is 5.32 Å². The van der Waals surface area contributed by atoms with Gasteiger partial charge in [0.15, 0.2) is 0 Å². The van der Waals surface area contributed by atoms with Gasteiger partial charge in [-0.15, -0.1) is 0 Å². The van der Waals surface area contributed by atoms with Gasteiger partial charge in [-0.1, -0.05) is 18.2 Å². The van der Waals surface area contributed by atoms with Crippen LogP contribution < -0.4 is 5.32 Å². The first-order valence-corrected chi connectivity index (χ1v) is 8.49. The van der Waals surface area contributed by atoms with Crippen molar-refractivity contribution in [3.63, 3.8) is 0 Å². The van der Waals surface area contributed by atoms with Gasteiger partial charge in [-0.2, -0.15) is 11.8 Å². The van der Waals surface area contributed by atoms with Crippen molar-refractivity contribution in [3.8, 4) is 0 Å². The van der Waals surface area contributed by atoms with Crippen molar-refractivity contribution in [2.75, 3.05) is 25.2 Å². The van der Waals surface area contributed by atoms with E-state index in [0.29, 0.717) is 12.1 Å². The molecule has 0 spiro atoms. The molecule has 0 aromatic heterocycles. The van der Waals surface area contributed by atoms with Crippen LogP contribution in [0.25, 0.3) is 0 Å². The van der Waals surface area contributed by atoms with Crippen molar-refractivity contribution in [2.24, 2.45) is 0 Å². The molecule has 19 heavy (non-hydrogen) atoms. The van der Waals surface area contributed by atoms with Crippen LogP contribution in [0, 0.1) is 0 Å². The van der Waals surface area contributed by atoms with E-state index < -0.39 is 0 Å². The third-order valence-corrected chi connectivity index (χ3v) is 5.30. The molecule has 2 unspecified atom stereocenters. The topological polar surface area (TPSA) is 21.3 Å². The van der Waals surface area contributed by atoms with Gasteiger partial charge in [0, 0.05) is 17.5 Å². The van der Waals surface area contributed by atoms with Crippen LogP contribution in [-0.2, 0) is 24.0 Å². The third-order valence-electron chi connectivity index (χ3n) is 4.28. The number of benzene rings is 1. The van der Waals surface area contributed by atoms with E-state index in [1.165, 1.54) is 24.8 Å². The maximum atomic E-state index is 5.91. The Bertz CT molecular complexity index is 429. The highest BCUT2D eigenvalue weighted by atomic mass is 32.2. The van der Waals surface area contributed by atoms with Gasteiger partial charge in [-0.05, 0) is 49.4 Å². The molecule has 1 fully saturated rings. The molecular formula is C16H23NOS. The Labute approximate surface area is 120 Å². The molecule has 3 heteroatoms. The molecule has 1 aromatic carbocycles. The fraction of sp³-hybridized carbons (Fsp3) is 0.625. The van der Waals surface area contributed by atoms with Gasteiger partial charge in [0.05, 0.1) is 12.7 Å². The molecular weight excluding hydrogens is 254 g/mol. The largest absolute Gasteiger partial charge is 0.375 e. The zero-order valence-electron chi connectivity index (χ0n) is 11.7. The SMILES string of the molecule is CNC(Cc1ccc2c(c1)CCC2)C1CSCCO1. The molecule has 0 saturated carbocycles. The number of nitrogens with one attached hydrogen (secondary N) is 1. The summed E-state index contributed by atoms with van der Waals surface area (Å²) in [6, 6.07) is 7.50. The van der Waals surface area contributed by atoms with Crippen molar-refractivity contribution in [1.29, 1.82) is 0 Å². The number of likely N-dealkylation sites (N-methyl/N-ethyl adjacent to an activating group) is 1. The number of aryl methyl sites for hydroxylation is 2. The summed E-state index contributed by atoms with van der Waals surface area (Å²) in [4.78, 5) is 0. The second-order valence-corrected chi connectivity index (χ2v) is 6.69. The number of thioether (sulfide) groups is 1. The van der Waals surface area contributed by atoms with Crippen LogP contribution in [0.5, 0.6) is 0 Å². The van der Waals surface area contributed by atoms with Crippen LogP contribution in [0.1, 0.15) is 23.1 Å². The molecule has 0 bridgehead atoms. The monoisotopic (exact) mass is 277 g/mol. The summed E-state index contributed by atoms with van der Waals surface area (Å²) in [7, 11) is 2.06. The molecule has 3 rings (SSSR count). The summed E-state index contributed by atoms with van der Waals surface area (Å²) in [6.07, 6.45) is 5.31. The second kappa shape index (κ2) is 6.29. The molecule has 1 heterocycles. The lowest BCUT2D eigenvalue weighted by Crippen LogP contribution is -2.44. The Morgan fingerprint density at radius 1 is 1.37 bits per heavy atom.